The van der Waals surface area contributed by atoms with Crippen LogP contribution >= 0.6 is 34.1 Å². The molecule has 0 spiro atoms. The molecule has 0 aliphatic heterocycles. The van der Waals surface area contributed by atoms with E-state index in [2.05, 4.69) is 44.4 Å². The quantitative estimate of drug-likeness (QED) is 0.406. The third-order valence-electron chi connectivity index (χ3n) is 2.59. The lowest BCUT2D eigenvalue weighted by molar-refractivity contribution is 0.0956. The van der Waals surface area contributed by atoms with Crippen molar-refractivity contribution in [2.75, 3.05) is 11.0 Å². The molecule has 0 atom stereocenters. The summed E-state index contributed by atoms with van der Waals surface area (Å²) in [6.45, 7) is 2.83. The first-order chi connectivity index (χ1) is 8.79. The number of aryl methyl sites for hydroxylation is 1. The molecule has 4 nitrogen and oxygen atoms in total. The van der Waals surface area contributed by atoms with Crippen LogP contribution in [0.4, 0.5) is 0 Å². The predicted octanol–water partition coefficient (Wildman–Crippen LogP) is 3.22. The van der Waals surface area contributed by atoms with Crippen LogP contribution in [0.25, 0.3) is 0 Å². The standard InChI is InChI=1S/C12H20IN3OS/c1-2-7-10-11(18-16-15-10)12(17)14-9-6-4-3-5-8-13/h2-9H2,1H3,(H,14,17). The van der Waals surface area contributed by atoms with Gasteiger partial charge in [0.25, 0.3) is 5.91 Å². The Morgan fingerprint density at radius 1 is 1.33 bits per heavy atom. The van der Waals surface area contributed by atoms with Gasteiger partial charge in [-0.2, -0.15) is 0 Å². The molecule has 0 aliphatic carbocycles. The molecule has 0 aliphatic rings. The molecule has 102 valence electrons. The monoisotopic (exact) mass is 381 g/mol. The first-order valence-electron chi connectivity index (χ1n) is 6.45. The van der Waals surface area contributed by atoms with E-state index in [0.29, 0.717) is 4.88 Å². The molecule has 0 saturated heterocycles. The molecule has 1 heterocycles. The van der Waals surface area contributed by atoms with Crippen molar-refractivity contribution in [3.63, 3.8) is 0 Å². The van der Waals surface area contributed by atoms with Gasteiger partial charge in [-0.05, 0) is 35.2 Å². The molecular formula is C12H20IN3OS. The van der Waals surface area contributed by atoms with Crippen LogP contribution in [0, 0.1) is 0 Å². The van der Waals surface area contributed by atoms with E-state index in [9.17, 15) is 4.79 Å². The Morgan fingerprint density at radius 3 is 2.83 bits per heavy atom. The highest BCUT2D eigenvalue weighted by atomic mass is 127. The lowest BCUT2D eigenvalue weighted by Gasteiger charge is -2.04. The fourth-order valence-corrected chi connectivity index (χ4v) is 2.80. The highest BCUT2D eigenvalue weighted by molar-refractivity contribution is 14.1. The van der Waals surface area contributed by atoms with Crippen LogP contribution in [0.15, 0.2) is 0 Å². The second-order valence-corrected chi connectivity index (χ2v) is 5.99. The molecule has 1 N–H and O–H groups in total. The van der Waals surface area contributed by atoms with Crippen LogP contribution in [-0.2, 0) is 6.42 Å². The van der Waals surface area contributed by atoms with E-state index in [1.165, 1.54) is 35.2 Å². The Labute approximate surface area is 126 Å². The van der Waals surface area contributed by atoms with Gasteiger partial charge in [0, 0.05) is 6.54 Å². The molecule has 6 heteroatoms. The van der Waals surface area contributed by atoms with E-state index in [1.54, 1.807) is 0 Å². The minimum absolute atomic E-state index is 0.0117. The van der Waals surface area contributed by atoms with Crippen LogP contribution in [0.5, 0.6) is 0 Å². The van der Waals surface area contributed by atoms with Crippen LogP contribution < -0.4 is 5.32 Å². The SMILES string of the molecule is CCCc1nnsc1C(=O)NCCCCCCI. The van der Waals surface area contributed by atoms with Gasteiger partial charge < -0.3 is 5.32 Å². The highest BCUT2D eigenvalue weighted by Gasteiger charge is 2.14. The number of carbonyl (C=O) groups is 1. The zero-order valence-electron chi connectivity index (χ0n) is 10.7. The zero-order valence-corrected chi connectivity index (χ0v) is 13.7. The predicted molar refractivity (Wildman–Crippen MR) is 83.6 cm³/mol. The second kappa shape index (κ2) is 9.66. The van der Waals surface area contributed by atoms with Gasteiger partial charge in [-0.1, -0.05) is 53.3 Å². The number of hydrogen-bond acceptors (Lipinski definition) is 4. The molecule has 0 bridgehead atoms. The third-order valence-corrected chi connectivity index (χ3v) is 4.12. The summed E-state index contributed by atoms with van der Waals surface area (Å²) in [6, 6.07) is 0. The maximum atomic E-state index is 11.9. The van der Waals surface area contributed by atoms with Crippen molar-refractivity contribution in [2.45, 2.75) is 45.4 Å². The molecule has 18 heavy (non-hydrogen) atoms. The largest absolute Gasteiger partial charge is 0.351 e. The number of amides is 1. The smallest absolute Gasteiger partial charge is 0.264 e. The number of carbonyl (C=O) groups excluding carboxylic acids is 1. The molecule has 1 amide bonds. The molecular weight excluding hydrogens is 361 g/mol. The van der Waals surface area contributed by atoms with E-state index in [0.717, 1.165) is 31.5 Å². The minimum Gasteiger partial charge on any atom is -0.351 e. The topological polar surface area (TPSA) is 54.9 Å². The average Bonchev–Trinajstić information content (AvgIpc) is 2.82. The maximum absolute atomic E-state index is 11.9. The highest BCUT2D eigenvalue weighted by Crippen LogP contribution is 2.12. The van der Waals surface area contributed by atoms with Crippen molar-refractivity contribution in [1.82, 2.24) is 14.9 Å². The number of aromatic nitrogens is 2. The van der Waals surface area contributed by atoms with Crippen LogP contribution in [0.1, 0.15) is 54.4 Å². The summed E-state index contributed by atoms with van der Waals surface area (Å²) in [5.74, 6) is -0.0117. The molecule has 0 aromatic carbocycles. The van der Waals surface area contributed by atoms with Crippen LogP contribution in [0.2, 0.25) is 0 Å². The molecule has 0 unspecified atom stereocenters. The summed E-state index contributed by atoms with van der Waals surface area (Å²) < 4.78 is 5.08. The number of halogens is 1. The first kappa shape index (κ1) is 15.8. The molecule has 1 aromatic rings. The van der Waals surface area contributed by atoms with Gasteiger partial charge in [0.1, 0.15) is 4.88 Å². The van der Waals surface area contributed by atoms with E-state index in [1.807, 2.05) is 0 Å². The van der Waals surface area contributed by atoms with Gasteiger partial charge in [-0.25, -0.2) is 0 Å². The van der Waals surface area contributed by atoms with E-state index in [-0.39, 0.29) is 5.91 Å². The Bertz CT molecular complexity index is 357. The van der Waals surface area contributed by atoms with E-state index in [4.69, 9.17) is 0 Å². The third kappa shape index (κ3) is 5.60. The van der Waals surface area contributed by atoms with Crippen molar-refractivity contribution in [1.29, 1.82) is 0 Å². The van der Waals surface area contributed by atoms with E-state index < -0.39 is 0 Å². The Hall–Kier alpha value is -0.240. The summed E-state index contributed by atoms with van der Waals surface area (Å²) in [4.78, 5) is 12.6. The van der Waals surface area contributed by atoms with Gasteiger partial charge in [0.15, 0.2) is 0 Å². The molecule has 0 radical (unpaired) electrons. The Kier molecular flexibility index (Phi) is 8.49. The second-order valence-electron chi connectivity index (χ2n) is 4.16. The van der Waals surface area contributed by atoms with Crippen molar-refractivity contribution >= 4 is 40.0 Å². The van der Waals surface area contributed by atoms with Crippen LogP contribution in [0.3, 0.4) is 0 Å². The summed E-state index contributed by atoms with van der Waals surface area (Å²) in [5.41, 5.74) is 0.838. The van der Waals surface area contributed by atoms with Crippen molar-refractivity contribution in [3.8, 4) is 0 Å². The fraction of sp³-hybridized carbons (Fsp3) is 0.750. The van der Waals surface area contributed by atoms with Gasteiger partial charge >= 0.3 is 0 Å². The normalized spacial score (nSPS) is 10.6. The summed E-state index contributed by atoms with van der Waals surface area (Å²) >= 11 is 3.59. The molecule has 1 rings (SSSR count). The fourth-order valence-electron chi connectivity index (χ4n) is 1.64. The first-order valence-corrected chi connectivity index (χ1v) is 8.74. The average molecular weight is 381 g/mol. The summed E-state index contributed by atoms with van der Waals surface area (Å²) in [6.07, 6.45) is 6.58. The van der Waals surface area contributed by atoms with Gasteiger partial charge in [-0.3, -0.25) is 4.79 Å². The summed E-state index contributed by atoms with van der Waals surface area (Å²) in [7, 11) is 0. The minimum atomic E-state index is -0.0117. The number of rotatable bonds is 9. The zero-order chi connectivity index (χ0) is 13.2. The van der Waals surface area contributed by atoms with Crippen molar-refractivity contribution in [2.24, 2.45) is 0 Å². The van der Waals surface area contributed by atoms with Gasteiger partial charge in [0.2, 0.25) is 0 Å². The van der Waals surface area contributed by atoms with Crippen molar-refractivity contribution in [3.05, 3.63) is 10.6 Å². The van der Waals surface area contributed by atoms with Gasteiger partial charge in [0.05, 0.1) is 5.69 Å². The lowest BCUT2D eigenvalue weighted by atomic mass is 10.2. The number of hydrogen-bond donors (Lipinski definition) is 1. The number of nitrogens with one attached hydrogen (secondary N) is 1. The van der Waals surface area contributed by atoms with Gasteiger partial charge in [-0.15, -0.1) is 5.10 Å². The van der Waals surface area contributed by atoms with E-state index >= 15 is 0 Å². The van der Waals surface area contributed by atoms with Crippen LogP contribution in [-0.4, -0.2) is 26.5 Å². The number of nitrogens with zero attached hydrogens (tertiary/aromatic N) is 2. The summed E-state index contributed by atoms with van der Waals surface area (Å²) in [5, 5.41) is 6.95. The molecule has 0 saturated carbocycles. The molecule has 0 fully saturated rings. The molecule has 1 aromatic heterocycles. The number of unbranched alkanes of at least 4 members (excludes halogenated alkanes) is 3. The Balaban J connectivity index is 2.25. The maximum Gasteiger partial charge on any atom is 0.264 e. The number of alkyl halides is 1. The lowest BCUT2D eigenvalue weighted by Crippen LogP contribution is -2.24. The Morgan fingerprint density at radius 2 is 2.11 bits per heavy atom. The van der Waals surface area contributed by atoms with Crippen molar-refractivity contribution < 1.29 is 4.79 Å².